The largest absolute Gasteiger partial charge is 0.288 e. The molecule has 2 aromatic carbocycles. The maximum Gasteiger partial charge on any atom is 0.205 e. The lowest BCUT2D eigenvalue weighted by Crippen LogP contribution is -2.05. The van der Waals surface area contributed by atoms with Gasteiger partial charge in [-0.1, -0.05) is 51.8 Å². The van der Waals surface area contributed by atoms with Gasteiger partial charge in [0.05, 0.1) is 5.03 Å². The van der Waals surface area contributed by atoms with E-state index >= 15 is 0 Å². The highest BCUT2D eigenvalue weighted by molar-refractivity contribution is 9.10. The zero-order chi connectivity index (χ0) is 11.3. The van der Waals surface area contributed by atoms with Gasteiger partial charge in [0.15, 0.2) is 0 Å². The van der Waals surface area contributed by atoms with E-state index in [1.54, 1.807) is 6.08 Å². The van der Waals surface area contributed by atoms with Crippen LogP contribution in [0, 0.1) is 0 Å². The molecule has 0 spiro atoms. The number of benzene rings is 2. The van der Waals surface area contributed by atoms with Crippen LogP contribution in [0.25, 0.3) is 16.8 Å². The molecule has 3 heteroatoms. The molecule has 1 aliphatic rings. The minimum absolute atomic E-state index is 0.0992. The normalized spacial score (nSPS) is 14.1. The lowest BCUT2D eigenvalue weighted by atomic mass is 9.92. The monoisotopic (exact) mass is 292 g/mol. The molecule has 0 heterocycles. The molecule has 0 saturated heterocycles. The molecule has 0 N–H and O–H groups in total. The smallest absolute Gasteiger partial charge is 0.205 e. The SMILES string of the molecule is O=C1C(Cl)=Cc2ccc(Br)c3cccc1c23. The lowest BCUT2D eigenvalue weighted by Gasteiger charge is -2.14. The van der Waals surface area contributed by atoms with Crippen molar-refractivity contribution in [2.24, 2.45) is 0 Å². The Morgan fingerprint density at radius 2 is 1.94 bits per heavy atom. The van der Waals surface area contributed by atoms with E-state index < -0.39 is 0 Å². The van der Waals surface area contributed by atoms with E-state index in [9.17, 15) is 4.79 Å². The molecule has 1 aliphatic carbocycles. The number of carbonyl (C=O) groups is 1. The number of ketones is 1. The van der Waals surface area contributed by atoms with Gasteiger partial charge in [0, 0.05) is 15.4 Å². The Morgan fingerprint density at radius 3 is 2.75 bits per heavy atom. The van der Waals surface area contributed by atoms with Crippen LogP contribution in [-0.2, 0) is 0 Å². The molecule has 0 fully saturated rings. The van der Waals surface area contributed by atoms with E-state index in [0.29, 0.717) is 5.56 Å². The minimum Gasteiger partial charge on any atom is -0.288 e. The molecule has 78 valence electrons. The maximum absolute atomic E-state index is 11.9. The third-order valence-corrected chi connectivity index (χ3v) is 3.74. The molecule has 0 radical (unpaired) electrons. The summed E-state index contributed by atoms with van der Waals surface area (Å²) in [7, 11) is 0. The third kappa shape index (κ3) is 1.27. The zero-order valence-electron chi connectivity index (χ0n) is 8.13. The van der Waals surface area contributed by atoms with Gasteiger partial charge in [-0.2, -0.15) is 0 Å². The fourth-order valence-corrected chi connectivity index (χ4v) is 2.72. The summed E-state index contributed by atoms with van der Waals surface area (Å²) in [5.41, 5.74) is 1.68. The number of carbonyl (C=O) groups excluding carboxylic acids is 1. The second-order valence-corrected chi connectivity index (χ2v) is 4.95. The van der Waals surface area contributed by atoms with Crippen LogP contribution in [0.4, 0.5) is 0 Å². The van der Waals surface area contributed by atoms with Gasteiger partial charge >= 0.3 is 0 Å². The summed E-state index contributed by atoms with van der Waals surface area (Å²) in [4.78, 5) is 11.9. The molecule has 3 rings (SSSR count). The summed E-state index contributed by atoms with van der Waals surface area (Å²) in [6, 6.07) is 9.62. The Labute approximate surface area is 106 Å². The third-order valence-electron chi connectivity index (χ3n) is 2.76. The van der Waals surface area contributed by atoms with Crippen LogP contribution in [-0.4, -0.2) is 5.78 Å². The molecule has 0 atom stereocenters. The van der Waals surface area contributed by atoms with Crippen LogP contribution in [0.2, 0.25) is 0 Å². The van der Waals surface area contributed by atoms with Crippen molar-refractivity contribution >= 4 is 50.2 Å². The summed E-state index contributed by atoms with van der Waals surface area (Å²) in [6.45, 7) is 0. The van der Waals surface area contributed by atoms with E-state index in [1.807, 2.05) is 30.3 Å². The van der Waals surface area contributed by atoms with Crippen molar-refractivity contribution in [3.05, 3.63) is 51.0 Å². The first-order chi connectivity index (χ1) is 7.68. The maximum atomic E-state index is 11.9. The van der Waals surface area contributed by atoms with Gasteiger partial charge in [0.25, 0.3) is 0 Å². The van der Waals surface area contributed by atoms with Crippen LogP contribution in [0.1, 0.15) is 15.9 Å². The average Bonchev–Trinajstić information content (AvgIpc) is 2.30. The standard InChI is InChI=1S/C13H6BrClO/c14-10-5-4-7-6-11(15)13(16)9-3-1-2-8(10)12(7)9/h1-6H. The lowest BCUT2D eigenvalue weighted by molar-refractivity contribution is 0.104. The Hall–Kier alpha value is -1.12. The predicted octanol–water partition coefficient (Wildman–Crippen LogP) is 4.38. The molecule has 0 unspecified atom stereocenters. The van der Waals surface area contributed by atoms with E-state index in [4.69, 9.17) is 11.6 Å². The first-order valence-corrected chi connectivity index (χ1v) is 5.99. The molecule has 1 nitrogen and oxygen atoms in total. The summed E-state index contributed by atoms with van der Waals surface area (Å²) >= 11 is 9.41. The quantitative estimate of drug-likeness (QED) is 0.704. The van der Waals surface area contributed by atoms with Crippen molar-refractivity contribution < 1.29 is 4.79 Å². The van der Waals surface area contributed by atoms with Crippen molar-refractivity contribution in [1.82, 2.24) is 0 Å². The molecule has 0 saturated carbocycles. The highest BCUT2D eigenvalue weighted by Gasteiger charge is 2.20. The Balaban J connectivity index is 2.56. The van der Waals surface area contributed by atoms with Crippen molar-refractivity contribution in [3.8, 4) is 0 Å². The zero-order valence-corrected chi connectivity index (χ0v) is 10.5. The molecule has 2 aromatic rings. The van der Waals surface area contributed by atoms with Crippen LogP contribution >= 0.6 is 27.5 Å². The number of rotatable bonds is 0. The summed E-state index contributed by atoms with van der Waals surface area (Å²) < 4.78 is 0.993. The van der Waals surface area contributed by atoms with Crippen LogP contribution in [0.15, 0.2) is 39.8 Å². The molecule has 0 aliphatic heterocycles. The van der Waals surface area contributed by atoms with Crippen LogP contribution in [0.3, 0.4) is 0 Å². The minimum atomic E-state index is -0.0992. The molecule has 0 bridgehead atoms. The number of halogens is 2. The van der Waals surface area contributed by atoms with Gasteiger partial charge in [-0.3, -0.25) is 4.79 Å². The van der Waals surface area contributed by atoms with Gasteiger partial charge in [0.2, 0.25) is 5.78 Å². The molecule has 0 aromatic heterocycles. The van der Waals surface area contributed by atoms with E-state index in [0.717, 1.165) is 20.8 Å². The Morgan fingerprint density at radius 1 is 1.12 bits per heavy atom. The van der Waals surface area contributed by atoms with E-state index in [1.165, 1.54) is 0 Å². The second kappa shape index (κ2) is 3.44. The molecular formula is C13H6BrClO. The summed E-state index contributed by atoms with van der Waals surface area (Å²) in [6.07, 6.45) is 1.73. The first kappa shape index (κ1) is 10.1. The van der Waals surface area contributed by atoms with Crippen molar-refractivity contribution in [2.75, 3.05) is 0 Å². The van der Waals surface area contributed by atoms with E-state index in [-0.39, 0.29) is 10.8 Å². The topological polar surface area (TPSA) is 17.1 Å². The van der Waals surface area contributed by atoms with Gasteiger partial charge in [-0.05, 0) is 23.1 Å². The number of hydrogen-bond acceptors (Lipinski definition) is 1. The van der Waals surface area contributed by atoms with Crippen LogP contribution < -0.4 is 0 Å². The molecular weight excluding hydrogens is 287 g/mol. The number of hydrogen-bond donors (Lipinski definition) is 0. The summed E-state index contributed by atoms with van der Waals surface area (Å²) in [5.74, 6) is -0.0992. The molecule has 0 amide bonds. The van der Waals surface area contributed by atoms with Crippen molar-refractivity contribution in [3.63, 3.8) is 0 Å². The molecule has 16 heavy (non-hydrogen) atoms. The highest BCUT2D eigenvalue weighted by atomic mass is 79.9. The number of Topliss-reactive ketones (excluding diaryl/α,β-unsaturated/α-hetero) is 1. The first-order valence-electron chi connectivity index (χ1n) is 4.81. The predicted molar refractivity (Wildman–Crippen MR) is 69.8 cm³/mol. The summed E-state index contributed by atoms with van der Waals surface area (Å²) in [5, 5.41) is 2.30. The van der Waals surface area contributed by atoms with Gasteiger partial charge < -0.3 is 0 Å². The average molecular weight is 294 g/mol. The van der Waals surface area contributed by atoms with Crippen LogP contribution in [0.5, 0.6) is 0 Å². The highest BCUT2D eigenvalue weighted by Crippen LogP contribution is 2.35. The second-order valence-electron chi connectivity index (χ2n) is 3.69. The van der Waals surface area contributed by atoms with Crippen molar-refractivity contribution in [1.29, 1.82) is 0 Å². The Bertz CT molecular complexity index is 658. The number of allylic oxidation sites excluding steroid dienone is 1. The van der Waals surface area contributed by atoms with Crippen molar-refractivity contribution in [2.45, 2.75) is 0 Å². The fraction of sp³-hybridized carbons (Fsp3) is 0. The fourth-order valence-electron chi connectivity index (χ4n) is 2.04. The Kier molecular flexibility index (Phi) is 2.16. The van der Waals surface area contributed by atoms with Gasteiger partial charge in [0.1, 0.15) is 0 Å². The van der Waals surface area contributed by atoms with Gasteiger partial charge in [-0.15, -0.1) is 0 Å². The van der Waals surface area contributed by atoms with E-state index in [2.05, 4.69) is 15.9 Å². The van der Waals surface area contributed by atoms with Gasteiger partial charge in [-0.25, -0.2) is 0 Å².